The van der Waals surface area contributed by atoms with Gasteiger partial charge in [0.15, 0.2) is 11.5 Å². The molecule has 0 saturated carbocycles. The van der Waals surface area contributed by atoms with Gasteiger partial charge in [0, 0.05) is 6.07 Å². The van der Waals surface area contributed by atoms with Gasteiger partial charge in [0.1, 0.15) is 5.75 Å². The Kier molecular flexibility index (Phi) is 4.10. The number of aromatic nitrogens is 1. The standard InChI is InChI=1S/C18H16N2O3/c1-12(13-7-3-2-4-8-13)19-18(22)15-11-17(23-20-15)14-9-5-6-10-16(14)21/h2-12,21H,1H3,(H,19,22). The van der Waals surface area contributed by atoms with Gasteiger partial charge in [-0.2, -0.15) is 0 Å². The van der Waals surface area contributed by atoms with Crippen LogP contribution in [0.5, 0.6) is 5.75 Å². The predicted molar refractivity (Wildman–Crippen MR) is 85.9 cm³/mol. The van der Waals surface area contributed by atoms with Crippen LogP contribution in [0.1, 0.15) is 29.0 Å². The number of amides is 1. The molecule has 23 heavy (non-hydrogen) atoms. The molecule has 1 unspecified atom stereocenters. The second-order valence-corrected chi connectivity index (χ2v) is 5.20. The molecule has 5 nitrogen and oxygen atoms in total. The molecule has 0 aliphatic carbocycles. The van der Waals surface area contributed by atoms with E-state index in [1.807, 2.05) is 37.3 Å². The van der Waals surface area contributed by atoms with Gasteiger partial charge in [-0.05, 0) is 24.6 Å². The van der Waals surface area contributed by atoms with E-state index in [4.69, 9.17) is 4.52 Å². The van der Waals surface area contributed by atoms with Crippen molar-refractivity contribution in [1.29, 1.82) is 0 Å². The number of para-hydroxylation sites is 1. The van der Waals surface area contributed by atoms with Crippen LogP contribution >= 0.6 is 0 Å². The minimum Gasteiger partial charge on any atom is -0.507 e. The maximum Gasteiger partial charge on any atom is 0.273 e. The second-order valence-electron chi connectivity index (χ2n) is 5.20. The lowest BCUT2D eigenvalue weighted by atomic mass is 10.1. The van der Waals surface area contributed by atoms with Gasteiger partial charge >= 0.3 is 0 Å². The van der Waals surface area contributed by atoms with E-state index < -0.39 is 0 Å². The lowest BCUT2D eigenvalue weighted by Crippen LogP contribution is -2.26. The van der Waals surface area contributed by atoms with Gasteiger partial charge in [-0.15, -0.1) is 0 Å². The molecule has 116 valence electrons. The van der Waals surface area contributed by atoms with Crippen LogP contribution in [0.4, 0.5) is 0 Å². The molecule has 0 fully saturated rings. The summed E-state index contributed by atoms with van der Waals surface area (Å²) >= 11 is 0. The third kappa shape index (κ3) is 3.23. The lowest BCUT2D eigenvalue weighted by Gasteiger charge is -2.12. The van der Waals surface area contributed by atoms with Crippen molar-refractivity contribution in [3.05, 3.63) is 71.9 Å². The number of aromatic hydroxyl groups is 1. The minimum atomic E-state index is -0.327. The number of nitrogens with one attached hydrogen (secondary N) is 1. The number of nitrogens with zero attached hydrogens (tertiary/aromatic N) is 1. The largest absolute Gasteiger partial charge is 0.507 e. The van der Waals surface area contributed by atoms with E-state index in [-0.39, 0.29) is 23.4 Å². The van der Waals surface area contributed by atoms with Gasteiger partial charge < -0.3 is 14.9 Å². The zero-order chi connectivity index (χ0) is 16.2. The Hall–Kier alpha value is -3.08. The molecule has 1 aromatic heterocycles. The van der Waals surface area contributed by atoms with Crippen LogP contribution in [-0.4, -0.2) is 16.2 Å². The molecular formula is C18H16N2O3. The number of phenolic OH excluding ortho intramolecular Hbond substituents is 1. The molecule has 3 rings (SSSR count). The molecule has 3 aromatic rings. The molecule has 0 spiro atoms. The molecular weight excluding hydrogens is 292 g/mol. The summed E-state index contributed by atoms with van der Waals surface area (Å²) in [6.45, 7) is 1.90. The van der Waals surface area contributed by atoms with E-state index in [1.165, 1.54) is 6.07 Å². The summed E-state index contributed by atoms with van der Waals surface area (Å²) in [4.78, 5) is 12.3. The molecule has 1 amide bonds. The Morgan fingerprint density at radius 3 is 2.57 bits per heavy atom. The van der Waals surface area contributed by atoms with Gasteiger partial charge in [-0.25, -0.2) is 0 Å². The van der Waals surface area contributed by atoms with E-state index in [2.05, 4.69) is 10.5 Å². The maximum atomic E-state index is 12.3. The van der Waals surface area contributed by atoms with Crippen molar-refractivity contribution in [3.63, 3.8) is 0 Å². The van der Waals surface area contributed by atoms with E-state index in [1.54, 1.807) is 24.3 Å². The molecule has 2 aromatic carbocycles. The lowest BCUT2D eigenvalue weighted by molar-refractivity contribution is 0.0931. The van der Waals surface area contributed by atoms with Crippen LogP contribution in [0.3, 0.4) is 0 Å². The van der Waals surface area contributed by atoms with Gasteiger partial charge in [0.05, 0.1) is 11.6 Å². The fourth-order valence-corrected chi connectivity index (χ4v) is 2.29. The third-order valence-electron chi connectivity index (χ3n) is 3.56. The first-order chi connectivity index (χ1) is 11.1. The first kappa shape index (κ1) is 14.8. The van der Waals surface area contributed by atoms with Gasteiger partial charge in [-0.1, -0.05) is 47.6 Å². The van der Waals surface area contributed by atoms with Crippen LogP contribution in [0.2, 0.25) is 0 Å². The third-order valence-corrected chi connectivity index (χ3v) is 3.56. The fourth-order valence-electron chi connectivity index (χ4n) is 2.29. The molecule has 1 heterocycles. The highest BCUT2D eigenvalue weighted by Crippen LogP contribution is 2.29. The number of phenols is 1. The van der Waals surface area contributed by atoms with Crippen molar-refractivity contribution in [3.8, 4) is 17.1 Å². The number of carbonyl (C=O) groups is 1. The molecule has 2 N–H and O–H groups in total. The SMILES string of the molecule is CC(NC(=O)c1cc(-c2ccccc2O)on1)c1ccccc1. The average molecular weight is 308 g/mol. The molecule has 0 aliphatic rings. The summed E-state index contributed by atoms with van der Waals surface area (Å²) < 4.78 is 5.17. The Bertz CT molecular complexity index is 812. The van der Waals surface area contributed by atoms with Crippen molar-refractivity contribution in [2.75, 3.05) is 0 Å². The molecule has 0 radical (unpaired) electrons. The Morgan fingerprint density at radius 1 is 1.13 bits per heavy atom. The highest BCUT2D eigenvalue weighted by atomic mass is 16.5. The number of rotatable bonds is 4. The van der Waals surface area contributed by atoms with Crippen molar-refractivity contribution in [1.82, 2.24) is 10.5 Å². The topological polar surface area (TPSA) is 75.4 Å². The number of carbonyl (C=O) groups excluding carboxylic acids is 1. The molecule has 5 heteroatoms. The second kappa shape index (κ2) is 6.36. The highest BCUT2D eigenvalue weighted by Gasteiger charge is 2.17. The summed E-state index contributed by atoms with van der Waals surface area (Å²) in [5.74, 6) is 0.0978. The van der Waals surface area contributed by atoms with Gasteiger partial charge in [-0.3, -0.25) is 4.79 Å². The minimum absolute atomic E-state index is 0.0771. The van der Waals surface area contributed by atoms with Crippen LogP contribution in [0.25, 0.3) is 11.3 Å². The quantitative estimate of drug-likeness (QED) is 0.773. The van der Waals surface area contributed by atoms with Crippen molar-refractivity contribution >= 4 is 5.91 Å². The summed E-state index contributed by atoms with van der Waals surface area (Å²) in [5.41, 5.74) is 1.67. The zero-order valence-electron chi connectivity index (χ0n) is 12.6. The monoisotopic (exact) mass is 308 g/mol. The van der Waals surface area contributed by atoms with E-state index >= 15 is 0 Å². The first-order valence-corrected chi connectivity index (χ1v) is 7.26. The van der Waals surface area contributed by atoms with Crippen LogP contribution < -0.4 is 5.32 Å². The predicted octanol–water partition coefficient (Wildman–Crippen LogP) is 3.54. The Morgan fingerprint density at radius 2 is 1.83 bits per heavy atom. The van der Waals surface area contributed by atoms with E-state index in [9.17, 15) is 9.90 Å². The molecule has 0 saturated heterocycles. The molecule has 1 atom stereocenters. The normalized spacial score (nSPS) is 11.9. The number of hydrogen-bond acceptors (Lipinski definition) is 4. The van der Waals surface area contributed by atoms with Crippen LogP contribution in [0.15, 0.2) is 65.2 Å². The highest BCUT2D eigenvalue weighted by molar-refractivity contribution is 5.93. The fraction of sp³-hybridized carbons (Fsp3) is 0.111. The van der Waals surface area contributed by atoms with Crippen molar-refractivity contribution in [2.45, 2.75) is 13.0 Å². The summed E-state index contributed by atoms with van der Waals surface area (Å²) in [6.07, 6.45) is 0. The summed E-state index contributed by atoms with van der Waals surface area (Å²) in [7, 11) is 0. The Labute approximate surface area is 133 Å². The van der Waals surface area contributed by atoms with Crippen molar-refractivity contribution in [2.24, 2.45) is 0 Å². The zero-order valence-corrected chi connectivity index (χ0v) is 12.6. The number of benzene rings is 2. The van der Waals surface area contributed by atoms with E-state index in [0.717, 1.165) is 5.56 Å². The number of hydrogen-bond donors (Lipinski definition) is 2. The Balaban J connectivity index is 1.75. The molecule has 0 aliphatic heterocycles. The summed E-state index contributed by atoms with van der Waals surface area (Å²) in [6, 6.07) is 17.8. The van der Waals surface area contributed by atoms with Crippen LogP contribution in [0, 0.1) is 0 Å². The van der Waals surface area contributed by atoms with E-state index in [0.29, 0.717) is 11.3 Å². The average Bonchev–Trinajstić information content (AvgIpc) is 3.06. The maximum absolute atomic E-state index is 12.3. The van der Waals surface area contributed by atoms with Gasteiger partial charge in [0.25, 0.3) is 5.91 Å². The molecule has 0 bridgehead atoms. The smallest absolute Gasteiger partial charge is 0.273 e. The first-order valence-electron chi connectivity index (χ1n) is 7.26. The van der Waals surface area contributed by atoms with Crippen molar-refractivity contribution < 1.29 is 14.4 Å². The van der Waals surface area contributed by atoms with Gasteiger partial charge in [0.2, 0.25) is 0 Å². The van der Waals surface area contributed by atoms with Crippen LogP contribution in [-0.2, 0) is 0 Å². The summed E-state index contributed by atoms with van der Waals surface area (Å²) in [5, 5.41) is 16.5.